The third-order valence-corrected chi connectivity index (χ3v) is 3.82. The molecule has 0 saturated carbocycles. The van der Waals surface area contributed by atoms with Crippen molar-refractivity contribution < 1.29 is 14.7 Å². The van der Waals surface area contributed by atoms with Gasteiger partial charge >= 0.3 is 5.97 Å². The van der Waals surface area contributed by atoms with Crippen LogP contribution in [-0.2, 0) is 9.59 Å². The lowest BCUT2D eigenvalue weighted by molar-refractivity contribution is -0.148. The van der Waals surface area contributed by atoms with E-state index in [9.17, 15) is 9.59 Å². The van der Waals surface area contributed by atoms with Gasteiger partial charge in [-0.05, 0) is 19.4 Å². The number of hydrogen-bond acceptors (Lipinski definition) is 4. The molecule has 1 amide bonds. The van der Waals surface area contributed by atoms with E-state index in [2.05, 4.69) is 5.32 Å². The number of hydrogen-bond donors (Lipinski definition) is 2. The molecule has 0 radical (unpaired) electrons. The molecule has 2 fully saturated rings. The Labute approximate surface area is 92.2 Å². The van der Waals surface area contributed by atoms with Crippen molar-refractivity contribution in [1.82, 2.24) is 10.2 Å². The third-order valence-electron chi connectivity index (χ3n) is 2.81. The minimum atomic E-state index is -0.897. The number of carbonyl (C=O) groups is 2. The summed E-state index contributed by atoms with van der Waals surface area (Å²) in [6.07, 6.45) is 1.82. The number of carboxylic acids is 1. The Bertz CT molecular complexity index is 279. The number of carbonyl (C=O) groups excluding carboxylic acids is 1. The van der Waals surface area contributed by atoms with Crippen molar-refractivity contribution in [3.63, 3.8) is 0 Å². The van der Waals surface area contributed by atoms with Crippen LogP contribution in [0.3, 0.4) is 0 Å². The maximum Gasteiger partial charge on any atom is 0.327 e. The monoisotopic (exact) mass is 230 g/mol. The first-order valence-corrected chi connectivity index (χ1v) is 6.20. The quantitative estimate of drug-likeness (QED) is 0.683. The van der Waals surface area contributed by atoms with E-state index in [-0.39, 0.29) is 11.9 Å². The predicted octanol–water partition coefficient (Wildman–Crippen LogP) is -0.276. The van der Waals surface area contributed by atoms with Gasteiger partial charge in [0.2, 0.25) is 5.91 Å². The molecule has 0 spiro atoms. The molecule has 0 aromatic rings. The highest BCUT2D eigenvalue weighted by Crippen LogP contribution is 2.23. The zero-order valence-electron chi connectivity index (χ0n) is 8.31. The van der Waals surface area contributed by atoms with Gasteiger partial charge in [0.1, 0.15) is 6.04 Å². The summed E-state index contributed by atoms with van der Waals surface area (Å²) in [5.74, 6) is 0.0677. The molecule has 2 rings (SSSR count). The van der Waals surface area contributed by atoms with Crippen molar-refractivity contribution in [2.24, 2.45) is 0 Å². The predicted molar refractivity (Wildman–Crippen MR) is 56.6 cm³/mol. The second-order valence-corrected chi connectivity index (χ2v) is 4.81. The van der Waals surface area contributed by atoms with Gasteiger partial charge in [-0.15, -0.1) is 11.8 Å². The van der Waals surface area contributed by atoms with Gasteiger partial charge in [0.15, 0.2) is 0 Å². The lowest BCUT2D eigenvalue weighted by Crippen LogP contribution is -2.48. The van der Waals surface area contributed by atoms with Crippen LogP contribution in [0.4, 0.5) is 0 Å². The Morgan fingerprint density at radius 2 is 2.27 bits per heavy atom. The Kier molecular flexibility index (Phi) is 3.16. The first kappa shape index (κ1) is 10.8. The zero-order valence-corrected chi connectivity index (χ0v) is 9.13. The number of carboxylic acid groups (broad SMARTS) is 1. The van der Waals surface area contributed by atoms with Gasteiger partial charge in [-0.3, -0.25) is 4.79 Å². The van der Waals surface area contributed by atoms with E-state index in [4.69, 9.17) is 5.11 Å². The molecular weight excluding hydrogens is 216 g/mol. The summed E-state index contributed by atoms with van der Waals surface area (Å²) in [7, 11) is 0. The summed E-state index contributed by atoms with van der Waals surface area (Å²) >= 11 is 1.50. The number of rotatable bonds is 2. The standard InChI is InChI=1S/C9H14N2O3S/c12-8(6-2-1-3-10-6)11-5-15-4-7(11)9(13)14/h6-7,10H,1-5H2,(H,13,14)/t6-,7-/m0/s1. The lowest BCUT2D eigenvalue weighted by atomic mass is 10.2. The van der Waals surface area contributed by atoms with Crippen molar-refractivity contribution in [1.29, 1.82) is 0 Å². The van der Waals surface area contributed by atoms with E-state index in [0.717, 1.165) is 19.4 Å². The van der Waals surface area contributed by atoms with Crippen molar-refractivity contribution in [2.45, 2.75) is 24.9 Å². The number of aliphatic carboxylic acids is 1. The molecule has 2 atom stereocenters. The molecule has 0 aliphatic carbocycles. The van der Waals surface area contributed by atoms with Gasteiger partial charge in [-0.2, -0.15) is 0 Å². The molecule has 0 aromatic carbocycles. The molecule has 2 aliphatic rings. The maximum absolute atomic E-state index is 11.9. The highest BCUT2D eigenvalue weighted by Gasteiger charge is 2.38. The first-order valence-electron chi connectivity index (χ1n) is 5.04. The van der Waals surface area contributed by atoms with Crippen LogP contribution < -0.4 is 5.32 Å². The van der Waals surface area contributed by atoms with E-state index in [1.165, 1.54) is 16.7 Å². The van der Waals surface area contributed by atoms with Crippen LogP contribution in [0, 0.1) is 0 Å². The Balaban J connectivity index is 2.02. The normalized spacial score (nSPS) is 30.8. The van der Waals surface area contributed by atoms with E-state index >= 15 is 0 Å². The summed E-state index contributed by atoms with van der Waals surface area (Å²) in [4.78, 5) is 24.3. The van der Waals surface area contributed by atoms with E-state index in [1.54, 1.807) is 0 Å². The smallest absolute Gasteiger partial charge is 0.327 e. The van der Waals surface area contributed by atoms with Gasteiger partial charge in [0.05, 0.1) is 11.9 Å². The van der Waals surface area contributed by atoms with Crippen LogP contribution >= 0.6 is 11.8 Å². The van der Waals surface area contributed by atoms with Gasteiger partial charge in [-0.25, -0.2) is 4.79 Å². The molecule has 2 aliphatic heterocycles. The molecule has 0 unspecified atom stereocenters. The van der Waals surface area contributed by atoms with E-state index in [0.29, 0.717) is 11.6 Å². The van der Waals surface area contributed by atoms with Crippen LogP contribution in [0.25, 0.3) is 0 Å². The summed E-state index contributed by atoms with van der Waals surface area (Å²) in [5, 5.41) is 12.0. The Morgan fingerprint density at radius 3 is 2.87 bits per heavy atom. The van der Waals surface area contributed by atoms with Crippen LogP contribution in [-0.4, -0.2) is 52.1 Å². The fourth-order valence-corrected chi connectivity index (χ4v) is 3.12. The molecule has 2 N–H and O–H groups in total. The van der Waals surface area contributed by atoms with Crippen molar-refractivity contribution in [2.75, 3.05) is 18.2 Å². The molecule has 84 valence electrons. The molecule has 15 heavy (non-hydrogen) atoms. The van der Waals surface area contributed by atoms with Crippen LogP contribution in [0.1, 0.15) is 12.8 Å². The van der Waals surface area contributed by atoms with Crippen LogP contribution in [0.15, 0.2) is 0 Å². The minimum Gasteiger partial charge on any atom is -0.480 e. The summed E-state index contributed by atoms with van der Waals surface area (Å²) in [6.45, 7) is 0.856. The van der Waals surface area contributed by atoms with Crippen LogP contribution in [0.5, 0.6) is 0 Å². The molecule has 0 aromatic heterocycles. The number of thioether (sulfide) groups is 1. The van der Waals surface area contributed by atoms with Gasteiger partial charge in [0.25, 0.3) is 0 Å². The van der Waals surface area contributed by atoms with E-state index in [1.807, 2.05) is 0 Å². The average Bonchev–Trinajstić information content (AvgIpc) is 2.88. The van der Waals surface area contributed by atoms with Gasteiger partial charge < -0.3 is 15.3 Å². The Morgan fingerprint density at radius 1 is 1.47 bits per heavy atom. The summed E-state index contributed by atoms with van der Waals surface area (Å²) in [6, 6.07) is -0.796. The average molecular weight is 230 g/mol. The number of nitrogens with one attached hydrogen (secondary N) is 1. The molecule has 2 heterocycles. The summed E-state index contributed by atoms with van der Waals surface area (Å²) < 4.78 is 0. The largest absolute Gasteiger partial charge is 0.480 e. The van der Waals surface area contributed by atoms with E-state index < -0.39 is 12.0 Å². The van der Waals surface area contributed by atoms with Gasteiger partial charge in [0, 0.05) is 5.75 Å². The molecule has 0 bridgehead atoms. The third kappa shape index (κ3) is 2.10. The number of nitrogens with zero attached hydrogens (tertiary/aromatic N) is 1. The fourth-order valence-electron chi connectivity index (χ4n) is 1.96. The first-order chi connectivity index (χ1) is 7.20. The minimum absolute atomic E-state index is 0.0510. The lowest BCUT2D eigenvalue weighted by Gasteiger charge is -2.23. The number of amides is 1. The maximum atomic E-state index is 11.9. The zero-order chi connectivity index (χ0) is 10.8. The Hall–Kier alpha value is -0.750. The van der Waals surface area contributed by atoms with Crippen molar-refractivity contribution >= 4 is 23.6 Å². The summed E-state index contributed by atoms with van der Waals surface area (Å²) in [5.41, 5.74) is 0. The van der Waals surface area contributed by atoms with Crippen LogP contribution in [0.2, 0.25) is 0 Å². The highest BCUT2D eigenvalue weighted by atomic mass is 32.2. The molecular formula is C9H14N2O3S. The fraction of sp³-hybridized carbons (Fsp3) is 0.778. The topological polar surface area (TPSA) is 69.6 Å². The van der Waals surface area contributed by atoms with Gasteiger partial charge in [-0.1, -0.05) is 0 Å². The van der Waals surface area contributed by atoms with Crippen molar-refractivity contribution in [3.8, 4) is 0 Å². The molecule has 5 nitrogen and oxygen atoms in total. The SMILES string of the molecule is O=C(O)[C@@H]1CSCN1C(=O)[C@@H]1CCCN1. The second kappa shape index (κ2) is 4.40. The molecule has 2 saturated heterocycles. The molecule has 6 heteroatoms. The highest BCUT2D eigenvalue weighted by molar-refractivity contribution is 7.99. The van der Waals surface area contributed by atoms with Crippen molar-refractivity contribution in [3.05, 3.63) is 0 Å². The second-order valence-electron chi connectivity index (χ2n) is 3.81.